The Kier molecular flexibility index (Phi) is 2.88. The van der Waals surface area contributed by atoms with Crippen LogP contribution in [0.15, 0.2) is 0 Å². The maximum Gasteiger partial charge on any atom is 0.222 e. The molecule has 0 aliphatic carbocycles. The molecule has 1 saturated heterocycles. The van der Waals surface area contributed by atoms with Crippen LogP contribution in [0, 0.1) is 5.92 Å². The molecule has 3 nitrogen and oxygen atoms in total. The highest BCUT2D eigenvalue weighted by Crippen LogP contribution is 2.15. The Morgan fingerprint density at radius 1 is 1.64 bits per heavy atom. The molecule has 0 bridgehead atoms. The van der Waals surface area contributed by atoms with Gasteiger partial charge in [0.25, 0.3) is 0 Å². The Balaban J connectivity index is 2.16. The summed E-state index contributed by atoms with van der Waals surface area (Å²) in [7, 11) is 0. The SMILES string of the molecule is CCCC(=O)N1CC(CO)C1. The van der Waals surface area contributed by atoms with Crippen LogP contribution in [0.2, 0.25) is 0 Å². The van der Waals surface area contributed by atoms with Gasteiger partial charge in [0.1, 0.15) is 0 Å². The van der Waals surface area contributed by atoms with E-state index in [1.807, 2.05) is 11.8 Å². The zero-order valence-electron chi connectivity index (χ0n) is 6.92. The Hall–Kier alpha value is -0.570. The number of carbonyl (C=O) groups excluding carboxylic acids is 1. The molecule has 1 rings (SSSR count). The molecule has 0 spiro atoms. The van der Waals surface area contributed by atoms with Gasteiger partial charge in [-0.05, 0) is 6.42 Å². The molecule has 3 heteroatoms. The molecule has 1 amide bonds. The fourth-order valence-corrected chi connectivity index (χ4v) is 1.26. The quantitative estimate of drug-likeness (QED) is 0.637. The predicted octanol–water partition coefficient (Wildman–Crippen LogP) is 0.237. The van der Waals surface area contributed by atoms with Crippen molar-refractivity contribution in [2.45, 2.75) is 19.8 Å². The van der Waals surface area contributed by atoms with Crippen molar-refractivity contribution in [3.05, 3.63) is 0 Å². The number of aliphatic hydroxyl groups is 1. The van der Waals surface area contributed by atoms with Crippen molar-refractivity contribution in [1.82, 2.24) is 4.90 Å². The minimum Gasteiger partial charge on any atom is -0.396 e. The van der Waals surface area contributed by atoms with Gasteiger partial charge in [0.15, 0.2) is 0 Å². The summed E-state index contributed by atoms with van der Waals surface area (Å²) in [6, 6.07) is 0. The molecule has 0 unspecified atom stereocenters. The van der Waals surface area contributed by atoms with Gasteiger partial charge in [-0.3, -0.25) is 4.79 Å². The number of hydrogen-bond acceptors (Lipinski definition) is 2. The molecule has 0 aromatic rings. The number of rotatable bonds is 3. The van der Waals surface area contributed by atoms with E-state index in [2.05, 4.69) is 0 Å². The molecular weight excluding hydrogens is 142 g/mol. The third-order valence-corrected chi connectivity index (χ3v) is 2.03. The van der Waals surface area contributed by atoms with E-state index in [9.17, 15) is 4.79 Å². The van der Waals surface area contributed by atoms with E-state index >= 15 is 0 Å². The van der Waals surface area contributed by atoms with Gasteiger partial charge in [-0.25, -0.2) is 0 Å². The molecule has 1 N–H and O–H groups in total. The lowest BCUT2D eigenvalue weighted by Crippen LogP contribution is -2.51. The summed E-state index contributed by atoms with van der Waals surface area (Å²) in [5.74, 6) is 0.577. The first-order chi connectivity index (χ1) is 5.27. The van der Waals surface area contributed by atoms with E-state index in [-0.39, 0.29) is 12.5 Å². The molecule has 1 fully saturated rings. The Morgan fingerprint density at radius 3 is 2.73 bits per heavy atom. The lowest BCUT2D eigenvalue weighted by molar-refractivity contribution is -0.138. The van der Waals surface area contributed by atoms with Crippen LogP contribution in [0.1, 0.15) is 19.8 Å². The summed E-state index contributed by atoms with van der Waals surface area (Å²) in [6.07, 6.45) is 1.57. The van der Waals surface area contributed by atoms with Crippen LogP contribution < -0.4 is 0 Å². The number of carbonyl (C=O) groups is 1. The highest BCUT2D eigenvalue weighted by atomic mass is 16.3. The van der Waals surface area contributed by atoms with Crippen LogP contribution in [-0.4, -0.2) is 35.6 Å². The second kappa shape index (κ2) is 3.72. The Morgan fingerprint density at radius 2 is 2.27 bits per heavy atom. The molecule has 11 heavy (non-hydrogen) atoms. The fourth-order valence-electron chi connectivity index (χ4n) is 1.26. The highest BCUT2D eigenvalue weighted by molar-refractivity contribution is 5.76. The van der Waals surface area contributed by atoms with Gasteiger partial charge in [0, 0.05) is 32.0 Å². The maximum atomic E-state index is 11.1. The molecule has 0 radical (unpaired) electrons. The minimum absolute atomic E-state index is 0.218. The van der Waals surface area contributed by atoms with Crippen molar-refractivity contribution >= 4 is 5.91 Å². The monoisotopic (exact) mass is 157 g/mol. The number of amides is 1. The van der Waals surface area contributed by atoms with Crippen LogP contribution in [0.5, 0.6) is 0 Å². The molecule has 1 aliphatic rings. The van der Waals surface area contributed by atoms with E-state index in [1.54, 1.807) is 0 Å². The molecule has 0 aromatic carbocycles. The van der Waals surface area contributed by atoms with Crippen LogP contribution >= 0.6 is 0 Å². The normalized spacial score (nSPS) is 18.2. The average molecular weight is 157 g/mol. The van der Waals surface area contributed by atoms with Gasteiger partial charge in [-0.2, -0.15) is 0 Å². The van der Waals surface area contributed by atoms with Gasteiger partial charge < -0.3 is 10.0 Å². The zero-order valence-corrected chi connectivity index (χ0v) is 6.92. The Bertz CT molecular complexity index is 141. The van der Waals surface area contributed by atoms with Crippen LogP contribution in [0.4, 0.5) is 0 Å². The van der Waals surface area contributed by atoms with Gasteiger partial charge in [0.05, 0.1) is 0 Å². The third-order valence-electron chi connectivity index (χ3n) is 2.03. The van der Waals surface area contributed by atoms with Crippen LogP contribution in [-0.2, 0) is 4.79 Å². The molecule has 0 saturated carbocycles. The predicted molar refractivity (Wildman–Crippen MR) is 42.1 cm³/mol. The van der Waals surface area contributed by atoms with Crippen molar-refractivity contribution in [2.24, 2.45) is 5.92 Å². The first-order valence-corrected chi connectivity index (χ1v) is 4.16. The molecular formula is C8H15NO2. The molecule has 0 aromatic heterocycles. The zero-order chi connectivity index (χ0) is 8.27. The van der Waals surface area contributed by atoms with Crippen molar-refractivity contribution in [2.75, 3.05) is 19.7 Å². The van der Waals surface area contributed by atoms with E-state index in [4.69, 9.17) is 5.11 Å². The van der Waals surface area contributed by atoms with Crippen molar-refractivity contribution in [1.29, 1.82) is 0 Å². The topological polar surface area (TPSA) is 40.5 Å². The summed E-state index contributed by atoms with van der Waals surface area (Å²) < 4.78 is 0. The third kappa shape index (κ3) is 1.93. The molecule has 1 heterocycles. The van der Waals surface area contributed by atoms with Crippen LogP contribution in [0.3, 0.4) is 0 Å². The highest BCUT2D eigenvalue weighted by Gasteiger charge is 2.28. The standard InChI is InChI=1S/C8H15NO2/c1-2-3-8(11)9-4-7(5-9)6-10/h7,10H,2-6H2,1H3. The first-order valence-electron chi connectivity index (χ1n) is 4.16. The van der Waals surface area contributed by atoms with E-state index < -0.39 is 0 Å². The number of hydrogen-bond donors (Lipinski definition) is 1. The molecule has 0 atom stereocenters. The second-order valence-electron chi connectivity index (χ2n) is 3.10. The fraction of sp³-hybridized carbons (Fsp3) is 0.875. The average Bonchev–Trinajstić information content (AvgIpc) is 1.86. The summed E-state index contributed by atoms with van der Waals surface area (Å²) in [5.41, 5.74) is 0. The van der Waals surface area contributed by atoms with Gasteiger partial charge in [-0.1, -0.05) is 6.92 Å². The number of aliphatic hydroxyl groups excluding tert-OH is 1. The van der Waals surface area contributed by atoms with Crippen molar-refractivity contribution in [3.8, 4) is 0 Å². The van der Waals surface area contributed by atoms with Crippen molar-refractivity contribution < 1.29 is 9.90 Å². The lowest BCUT2D eigenvalue weighted by atomic mass is 10.0. The summed E-state index contributed by atoms with van der Waals surface area (Å²) in [5, 5.41) is 8.68. The van der Waals surface area contributed by atoms with Crippen molar-refractivity contribution in [3.63, 3.8) is 0 Å². The van der Waals surface area contributed by atoms with E-state index in [0.717, 1.165) is 19.5 Å². The van der Waals surface area contributed by atoms with E-state index in [1.165, 1.54) is 0 Å². The molecule has 64 valence electrons. The Labute approximate surface area is 67.0 Å². The van der Waals surface area contributed by atoms with Gasteiger partial charge >= 0.3 is 0 Å². The lowest BCUT2D eigenvalue weighted by Gasteiger charge is -2.38. The smallest absolute Gasteiger partial charge is 0.222 e. The number of likely N-dealkylation sites (tertiary alicyclic amines) is 1. The minimum atomic E-state index is 0.218. The summed E-state index contributed by atoms with van der Waals surface area (Å²) in [6.45, 7) is 3.74. The van der Waals surface area contributed by atoms with Crippen LogP contribution in [0.25, 0.3) is 0 Å². The molecule has 1 aliphatic heterocycles. The van der Waals surface area contributed by atoms with E-state index in [0.29, 0.717) is 12.3 Å². The van der Waals surface area contributed by atoms with Gasteiger partial charge in [-0.15, -0.1) is 0 Å². The van der Waals surface area contributed by atoms with Gasteiger partial charge in [0.2, 0.25) is 5.91 Å². The second-order valence-corrected chi connectivity index (χ2v) is 3.10. The maximum absolute atomic E-state index is 11.1. The largest absolute Gasteiger partial charge is 0.396 e. The first kappa shape index (κ1) is 8.53. The number of nitrogens with zero attached hydrogens (tertiary/aromatic N) is 1. The summed E-state index contributed by atoms with van der Waals surface area (Å²) in [4.78, 5) is 12.9. The summed E-state index contributed by atoms with van der Waals surface area (Å²) >= 11 is 0.